The van der Waals surface area contributed by atoms with Gasteiger partial charge in [-0.25, -0.2) is 0 Å². The Hall–Kier alpha value is -0.220. The standard InChI is InChI=1S/C13H27NO2S/c1-6-7-8-17-11(4)9-13(5,12(15)16)14-10(2)3/h10-11,14H,6-9H2,1-5H3,(H,15,16). The van der Waals surface area contributed by atoms with Crippen molar-refractivity contribution in [2.45, 2.75) is 70.7 Å². The van der Waals surface area contributed by atoms with Gasteiger partial charge in [-0.3, -0.25) is 10.1 Å². The molecule has 0 heterocycles. The Labute approximate surface area is 110 Å². The van der Waals surface area contributed by atoms with E-state index in [1.165, 1.54) is 12.8 Å². The number of thioether (sulfide) groups is 1. The van der Waals surface area contributed by atoms with E-state index in [9.17, 15) is 9.90 Å². The molecule has 0 aromatic heterocycles. The first-order valence-corrected chi connectivity index (χ1v) is 7.49. The SMILES string of the molecule is CCCCSC(C)CC(C)(NC(C)C)C(=O)O. The number of hydrogen-bond donors (Lipinski definition) is 2. The maximum absolute atomic E-state index is 11.4. The molecule has 2 unspecified atom stereocenters. The average Bonchev–Trinajstić information content (AvgIpc) is 2.16. The first-order chi connectivity index (χ1) is 7.81. The second-order valence-corrected chi connectivity index (χ2v) is 6.72. The predicted molar refractivity (Wildman–Crippen MR) is 75.8 cm³/mol. The van der Waals surface area contributed by atoms with Crippen molar-refractivity contribution in [3.63, 3.8) is 0 Å². The van der Waals surface area contributed by atoms with Crippen LogP contribution in [0, 0.1) is 0 Å². The molecule has 0 rings (SSSR count). The first-order valence-electron chi connectivity index (χ1n) is 6.44. The van der Waals surface area contributed by atoms with Crippen LogP contribution in [-0.2, 0) is 4.79 Å². The zero-order valence-corrected chi connectivity index (χ0v) is 12.6. The highest BCUT2D eigenvalue weighted by Gasteiger charge is 2.34. The summed E-state index contributed by atoms with van der Waals surface area (Å²) in [5.41, 5.74) is -0.813. The zero-order valence-electron chi connectivity index (χ0n) is 11.7. The zero-order chi connectivity index (χ0) is 13.5. The van der Waals surface area contributed by atoms with Gasteiger partial charge in [-0.2, -0.15) is 11.8 Å². The summed E-state index contributed by atoms with van der Waals surface area (Å²) in [5, 5.41) is 12.9. The van der Waals surface area contributed by atoms with Gasteiger partial charge in [-0.05, 0) is 39.4 Å². The fraction of sp³-hybridized carbons (Fsp3) is 0.923. The van der Waals surface area contributed by atoms with Crippen LogP contribution in [0.4, 0.5) is 0 Å². The van der Waals surface area contributed by atoms with Crippen LogP contribution in [0.15, 0.2) is 0 Å². The van der Waals surface area contributed by atoms with Crippen molar-refractivity contribution in [2.75, 3.05) is 5.75 Å². The van der Waals surface area contributed by atoms with Crippen molar-refractivity contribution < 1.29 is 9.90 Å². The third kappa shape index (κ3) is 6.94. The first kappa shape index (κ1) is 16.8. The summed E-state index contributed by atoms with van der Waals surface area (Å²) in [6.45, 7) is 10.0. The van der Waals surface area contributed by atoms with Gasteiger partial charge < -0.3 is 5.11 Å². The van der Waals surface area contributed by atoms with Gasteiger partial charge in [0, 0.05) is 11.3 Å². The predicted octanol–water partition coefficient (Wildman–Crippen LogP) is 3.14. The topological polar surface area (TPSA) is 49.3 Å². The van der Waals surface area contributed by atoms with Gasteiger partial charge in [0.15, 0.2) is 0 Å². The molecule has 0 aromatic rings. The van der Waals surface area contributed by atoms with Crippen LogP contribution in [0.25, 0.3) is 0 Å². The Morgan fingerprint density at radius 1 is 1.41 bits per heavy atom. The lowest BCUT2D eigenvalue weighted by atomic mass is 9.95. The minimum atomic E-state index is -0.813. The summed E-state index contributed by atoms with van der Waals surface area (Å²) in [4.78, 5) is 11.4. The Kier molecular flexibility index (Phi) is 7.88. The fourth-order valence-electron chi connectivity index (χ4n) is 1.91. The molecule has 0 radical (unpaired) electrons. The molecule has 2 atom stereocenters. The van der Waals surface area contributed by atoms with Crippen LogP contribution in [0.3, 0.4) is 0 Å². The second-order valence-electron chi connectivity index (χ2n) is 5.18. The molecule has 0 amide bonds. The normalized spacial score (nSPS) is 16.8. The molecule has 0 bridgehead atoms. The van der Waals surface area contributed by atoms with Gasteiger partial charge in [-0.15, -0.1) is 0 Å². The molecule has 102 valence electrons. The van der Waals surface area contributed by atoms with Crippen LogP contribution in [-0.4, -0.2) is 33.7 Å². The minimum absolute atomic E-state index is 0.184. The summed E-state index contributed by atoms with van der Waals surface area (Å²) in [6.07, 6.45) is 3.06. The molecule has 0 saturated heterocycles. The Morgan fingerprint density at radius 3 is 2.41 bits per heavy atom. The quantitative estimate of drug-likeness (QED) is 0.626. The molecular weight excluding hydrogens is 234 g/mol. The maximum Gasteiger partial charge on any atom is 0.323 e. The number of hydrogen-bond acceptors (Lipinski definition) is 3. The van der Waals surface area contributed by atoms with Crippen molar-refractivity contribution >= 4 is 17.7 Å². The van der Waals surface area contributed by atoms with E-state index in [1.54, 1.807) is 6.92 Å². The van der Waals surface area contributed by atoms with Gasteiger partial charge in [0.05, 0.1) is 0 Å². The van der Waals surface area contributed by atoms with E-state index in [4.69, 9.17) is 0 Å². The molecular formula is C13H27NO2S. The monoisotopic (exact) mass is 261 g/mol. The molecule has 0 saturated carbocycles. The highest BCUT2D eigenvalue weighted by molar-refractivity contribution is 7.99. The van der Waals surface area contributed by atoms with Crippen LogP contribution in [0.2, 0.25) is 0 Å². The lowest BCUT2D eigenvalue weighted by Crippen LogP contribution is -2.53. The summed E-state index contributed by atoms with van der Waals surface area (Å²) < 4.78 is 0. The largest absolute Gasteiger partial charge is 0.480 e. The number of unbranched alkanes of at least 4 members (excludes halogenated alkanes) is 1. The average molecular weight is 261 g/mol. The van der Waals surface area contributed by atoms with Crippen molar-refractivity contribution in [1.82, 2.24) is 5.32 Å². The summed E-state index contributed by atoms with van der Waals surface area (Å²) >= 11 is 1.87. The van der Waals surface area contributed by atoms with Gasteiger partial charge in [0.25, 0.3) is 0 Å². The lowest BCUT2D eigenvalue weighted by Gasteiger charge is -2.31. The van der Waals surface area contributed by atoms with Crippen LogP contribution >= 0.6 is 11.8 Å². The third-order valence-corrected chi connectivity index (χ3v) is 3.94. The third-order valence-electron chi connectivity index (χ3n) is 2.68. The van der Waals surface area contributed by atoms with Crippen LogP contribution < -0.4 is 5.32 Å². The van der Waals surface area contributed by atoms with Crippen LogP contribution in [0.1, 0.15) is 53.9 Å². The van der Waals surface area contributed by atoms with E-state index >= 15 is 0 Å². The smallest absolute Gasteiger partial charge is 0.323 e. The van der Waals surface area contributed by atoms with E-state index in [0.717, 1.165) is 5.75 Å². The molecule has 0 aromatic carbocycles. The van der Waals surface area contributed by atoms with E-state index < -0.39 is 11.5 Å². The summed E-state index contributed by atoms with van der Waals surface area (Å²) in [5.74, 6) is 0.365. The van der Waals surface area contributed by atoms with Gasteiger partial charge in [0.2, 0.25) is 0 Å². The Balaban J connectivity index is 4.28. The number of carboxylic acid groups (broad SMARTS) is 1. The Morgan fingerprint density at radius 2 is 2.00 bits per heavy atom. The molecule has 0 fully saturated rings. The number of aliphatic carboxylic acids is 1. The summed E-state index contributed by atoms with van der Waals surface area (Å²) in [7, 11) is 0. The van der Waals surface area contributed by atoms with Crippen molar-refractivity contribution in [3.8, 4) is 0 Å². The van der Waals surface area contributed by atoms with E-state index in [-0.39, 0.29) is 6.04 Å². The molecule has 4 heteroatoms. The van der Waals surface area contributed by atoms with Gasteiger partial charge in [0.1, 0.15) is 5.54 Å². The molecule has 0 spiro atoms. The highest BCUT2D eigenvalue weighted by atomic mass is 32.2. The number of rotatable bonds is 9. The highest BCUT2D eigenvalue weighted by Crippen LogP contribution is 2.23. The van der Waals surface area contributed by atoms with Gasteiger partial charge in [-0.1, -0.05) is 20.3 Å². The van der Waals surface area contributed by atoms with Crippen molar-refractivity contribution in [3.05, 3.63) is 0 Å². The molecule has 3 nitrogen and oxygen atoms in total. The molecule has 0 aliphatic carbocycles. The fourth-order valence-corrected chi connectivity index (χ4v) is 3.22. The van der Waals surface area contributed by atoms with E-state index in [2.05, 4.69) is 19.2 Å². The Bertz CT molecular complexity index is 233. The molecule has 0 aliphatic rings. The minimum Gasteiger partial charge on any atom is -0.480 e. The van der Waals surface area contributed by atoms with Crippen LogP contribution in [0.5, 0.6) is 0 Å². The number of carboxylic acids is 1. The van der Waals surface area contributed by atoms with Crippen molar-refractivity contribution in [2.24, 2.45) is 0 Å². The second kappa shape index (κ2) is 7.98. The lowest BCUT2D eigenvalue weighted by molar-refractivity contribution is -0.144. The van der Waals surface area contributed by atoms with Crippen molar-refractivity contribution in [1.29, 1.82) is 0 Å². The van der Waals surface area contributed by atoms with E-state index in [1.807, 2.05) is 25.6 Å². The number of carbonyl (C=O) groups is 1. The molecule has 17 heavy (non-hydrogen) atoms. The summed E-state index contributed by atoms with van der Waals surface area (Å²) in [6, 6.07) is 0.184. The van der Waals surface area contributed by atoms with E-state index in [0.29, 0.717) is 11.7 Å². The van der Waals surface area contributed by atoms with Gasteiger partial charge >= 0.3 is 5.97 Å². The molecule has 2 N–H and O–H groups in total. The molecule has 0 aliphatic heterocycles. The maximum atomic E-state index is 11.4. The number of nitrogens with one attached hydrogen (secondary N) is 1.